The van der Waals surface area contributed by atoms with Gasteiger partial charge in [-0.1, -0.05) is 36.3 Å². The first-order valence-electron chi connectivity index (χ1n) is 10.3. The van der Waals surface area contributed by atoms with Gasteiger partial charge in [0, 0.05) is 24.5 Å². The number of hydrogen-bond acceptors (Lipinski definition) is 4. The van der Waals surface area contributed by atoms with Crippen molar-refractivity contribution in [2.24, 2.45) is 5.92 Å². The van der Waals surface area contributed by atoms with Crippen LogP contribution < -0.4 is 4.74 Å². The summed E-state index contributed by atoms with van der Waals surface area (Å²) in [4.78, 5) is 6.93. The number of nitrogens with zero attached hydrogens (tertiary/aromatic N) is 2. The summed E-state index contributed by atoms with van der Waals surface area (Å²) in [6, 6.07) is 13.4. The number of fused-ring (bicyclic) bond motifs is 3. The Morgan fingerprint density at radius 2 is 1.97 bits per heavy atom. The summed E-state index contributed by atoms with van der Waals surface area (Å²) in [6.07, 6.45) is 8.64. The van der Waals surface area contributed by atoms with Crippen molar-refractivity contribution in [1.82, 2.24) is 9.88 Å². The van der Waals surface area contributed by atoms with Gasteiger partial charge in [-0.25, -0.2) is 4.98 Å². The number of benzene rings is 1. The van der Waals surface area contributed by atoms with Crippen molar-refractivity contribution in [3.63, 3.8) is 0 Å². The lowest BCUT2D eigenvalue weighted by atomic mass is 9.66. The number of aromatic nitrogens is 1. The fraction of sp³-hybridized carbons (Fsp3) is 0.458. The molecule has 0 saturated carbocycles. The van der Waals surface area contributed by atoms with Crippen molar-refractivity contribution in [1.29, 1.82) is 0 Å². The van der Waals surface area contributed by atoms with E-state index in [-0.39, 0.29) is 18.6 Å². The molecule has 152 valence electrons. The quantitative estimate of drug-likeness (QED) is 0.578. The number of hydrogen-bond donors (Lipinski definition) is 1. The summed E-state index contributed by atoms with van der Waals surface area (Å²) in [5.74, 6) is 3.42. The monoisotopic (exact) mass is 394 g/mol. The molecule has 1 N–H and O–H groups in total. The van der Waals surface area contributed by atoms with Crippen molar-refractivity contribution < 1.29 is 14.2 Å². The third-order valence-electron chi connectivity index (χ3n) is 6.21. The van der Waals surface area contributed by atoms with E-state index in [2.05, 4.69) is 10.8 Å². The number of rotatable bonds is 7. The Morgan fingerprint density at radius 3 is 2.66 bits per heavy atom. The van der Waals surface area contributed by atoms with Crippen LogP contribution in [0.15, 0.2) is 42.5 Å². The van der Waals surface area contributed by atoms with E-state index in [1.54, 1.807) is 6.07 Å². The highest BCUT2D eigenvalue weighted by Gasteiger charge is 2.54. The summed E-state index contributed by atoms with van der Waals surface area (Å²) in [5, 5.41) is 11.9. The average molecular weight is 394 g/mol. The van der Waals surface area contributed by atoms with Gasteiger partial charge in [-0.2, -0.15) is 0 Å². The topological polar surface area (TPSA) is 45.6 Å². The molecule has 1 aromatic carbocycles. The van der Waals surface area contributed by atoms with Gasteiger partial charge in [-0.15, -0.1) is 6.42 Å². The van der Waals surface area contributed by atoms with E-state index in [4.69, 9.17) is 16.1 Å². The van der Waals surface area contributed by atoms with E-state index in [1.807, 2.05) is 36.4 Å². The van der Waals surface area contributed by atoms with Crippen molar-refractivity contribution in [3.05, 3.63) is 59.3 Å². The summed E-state index contributed by atoms with van der Waals surface area (Å²) < 4.78 is 18.1. The molecule has 5 rings (SSSR count). The highest BCUT2D eigenvalue weighted by molar-refractivity contribution is 5.39. The van der Waals surface area contributed by atoms with E-state index < -0.39 is 12.3 Å². The van der Waals surface area contributed by atoms with Gasteiger partial charge >= 0.3 is 0 Å². The van der Waals surface area contributed by atoms with Crippen LogP contribution in [0.2, 0.25) is 0 Å². The van der Waals surface area contributed by atoms with Gasteiger partial charge in [0.2, 0.25) is 5.88 Å². The minimum atomic E-state index is -1.13. The van der Waals surface area contributed by atoms with Crippen molar-refractivity contribution in [2.75, 3.05) is 26.4 Å². The van der Waals surface area contributed by atoms with Gasteiger partial charge in [-0.3, -0.25) is 9.29 Å². The van der Waals surface area contributed by atoms with Crippen LogP contribution in [0.4, 0.5) is 4.39 Å². The molecule has 0 amide bonds. The zero-order valence-electron chi connectivity index (χ0n) is 16.6. The van der Waals surface area contributed by atoms with Gasteiger partial charge in [0.15, 0.2) is 0 Å². The van der Waals surface area contributed by atoms with E-state index >= 15 is 0 Å². The fourth-order valence-corrected chi connectivity index (χ4v) is 4.78. The Morgan fingerprint density at radius 1 is 1.21 bits per heavy atom. The highest BCUT2D eigenvalue weighted by Crippen LogP contribution is 2.47. The summed E-state index contributed by atoms with van der Waals surface area (Å²) in [7, 11) is 0. The normalized spacial score (nSPS) is 28.1. The minimum Gasteiger partial charge on any atom is -0.478 e. The average Bonchev–Trinajstić information content (AvgIpc) is 2.75. The maximum absolute atomic E-state index is 12.4. The molecular weight excluding hydrogens is 367 g/mol. The second kappa shape index (κ2) is 8.52. The Kier molecular flexibility index (Phi) is 5.84. The number of halogens is 1. The third-order valence-corrected chi connectivity index (χ3v) is 6.21. The van der Waals surface area contributed by atoms with Crippen LogP contribution in [0.25, 0.3) is 0 Å². The molecule has 1 unspecified atom stereocenters. The Labute approximate surface area is 171 Å². The van der Waals surface area contributed by atoms with Crippen molar-refractivity contribution in [3.8, 4) is 18.2 Å². The standard InChI is InChI=1S/C24H27FN2O2/c1-2-22-24(28,19-11-14-27(22)15-12-19)20-9-10-23(29-16-6-13-25)26-21(20)17-18-7-4-3-5-8-18/h1,3-5,7-10,19,22,28H,6,11-17H2/t22?,24-/m1/s1. The van der Waals surface area contributed by atoms with Gasteiger partial charge in [0.05, 0.1) is 19.0 Å². The van der Waals surface area contributed by atoms with Gasteiger partial charge in [0.1, 0.15) is 11.6 Å². The first-order valence-corrected chi connectivity index (χ1v) is 10.3. The molecular formula is C24H27FN2O2. The lowest BCUT2D eigenvalue weighted by Crippen LogP contribution is -2.63. The first-order chi connectivity index (χ1) is 14.2. The number of pyridine rings is 1. The zero-order chi connectivity index (χ0) is 20.3. The molecule has 0 aliphatic carbocycles. The molecule has 3 fully saturated rings. The summed E-state index contributed by atoms with van der Waals surface area (Å²) >= 11 is 0. The molecule has 2 aromatic rings. The second-order valence-corrected chi connectivity index (χ2v) is 7.90. The smallest absolute Gasteiger partial charge is 0.213 e. The molecule has 3 saturated heterocycles. The highest BCUT2D eigenvalue weighted by atomic mass is 19.1. The molecule has 1 aromatic heterocycles. The van der Waals surface area contributed by atoms with Gasteiger partial charge in [0.25, 0.3) is 0 Å². The SMILES string of the molecule is C#CC1N2CCC(CC2)[C@@]1(O)c1ccc(OCCCF)nc1Cc1ccccc1. The van der Waals surface area contributed by atoms with E-state index in [9.17, 15) is 9.50 Å². The molecule has 2 bridgehead atoms. The summed E-state index contributed by atoms with van der Waals surface area (Å²) in [5.41, 5.74) is 1.53. The van der Waals surface area contributed by atoms with Gasteiger partial charge in [-0.05, 0) is 43.5 Å². The molecule has 0 spiro atoms. The maximum atomic E-state index is 12.4. The van der Waals surface area contributed by atoms with Gasteiger partial charge < -0.3 is 9.84 Å². The Hall–Kier alpha value is -2.42. The van der Waals surface area contributed by atoms with Crippen LogP contribution in [0.1, 0.15) is 36.1 Å². The predicted molar refractivity (Wildman–Crippen MR) is 110 cm³/mol. The van der Waals surface area contributed by atoms with E-state index in [0.717, 1.165) is 42.8 Å². The Balaban J connectivity index is 1.74. The largest absolute Gasteiger partial charge is 0.478 e. The minimum absolute atomic E-state index is 0.114. The van der Waals surface area contributed by atoms with Crippen molar-refractivity contribution >= 4 is 0 Å². The predicted octanol–water partition coefficient (Wildman–Crippen LogP) is 3.33. The van der Waals surface area contributed by atoms with E-state index in [1.165, 1.54) is 0 Å². The number of piperidine rings is 3. The van der Waals surface area contributed by atoms with Crippen LogP contribution in [0.5, 0.6) is 5.88 Å². The molecule has 4 nitrogen and oxygen atoms in total. The van der Waals surface area contributed by atoms with Crippen LogP contribution in [0, 0.1) is 18.3 Å². The molecule has 5 heteroatoms. The molecule has 2 atom stereocenters. The molecule has 29 heavy (non-hydrogen) atoms. The number of aliphatic hydroxyl groups is 1. The lowest BCUT2D eigenvalue weighted by Gasteiger charge is -2.54. The maximum Gasteiger partial charge on any atom is 0.213 e. The number of alkyl halides is 1. The second-order valence-electron chi connectivity index (χ2n) is 7.90. The van der Waals surface area contributed by atoms with Crippen LogP contribution in [0.3, 0.4) is 0 Å². The molecule has 3 aliphatic rings. The number of ether oxygens (including phenoxy) is 1. The summed E-state index contributed by atoms with van der Waals surface area (Å²) in [6.45, 7) is 1.71. The first kappa shape index (κ1) is 19.9. The molecule has 3 aliphatic heterocycles. The van der Waals surface area contributed by atoms with Crippen LogP contribution in [-0.4, -0.2) is 47.4 Å². The van der Waals surface area contributed by atoms with Crippen LogP contribution in [-0.2, 0) is 12.0 Å². The van der Waals surface area contributed by atoms with E-state index in [0.29, 0.717) is 18.7 Å². The molecule has 4 heterocycles. The fourth-order valence-electron chi connectivity index (χ4n) is 4.78. The van der Waals surface area contributed by atoms with Crippen LogP contribution >= 0.6 is 0 Å². The Bertz CT molecular complexity index is 874. The third kappa shape index (κ3) is 3.75. The number of terminal acetylenes is 1. The zero-order valence-corrected chi connectivity index (χ0v) is 16.6. The lowest BCUT2D eigenvalue weighted by molar-refractivity contribution is -0.143. The van der Waals surface area contributed by atoms with Crippen molar-refractivity contribution in [2.45, 2.75) is 37.3 Å². The molecule has 0 radical (unpaired) electrons.